The van der Waals surface area contributed by atoms with Gasteiger partial charge in [-0.2, -0.15) is 0 Å². The molecule has 0 radical (unpaired) electrons. The molecule has 0 unspecified atom stereocenters. The van der Waals surface area contributed by atoms with Crippen molar-refractivity contribution in [2.24, 2.45) is 10.8 Å². The summed E-state index contributed by atoms with van der Waals surface area (Å²) in [5, 5.41) is 0. The number of carbonyl (C=O) groups is 1. The van der Waals surface area contributed by atoms with Crippen LogP contribution >= 0.6 is 0 Å². The van der Waals surface area contributed by atoms with Crippen molar-refractivity contribution in [3.05, 3.63) is 48.3 Å². The molecule has 4 nitrogen and oxygen atoms in total. The molecule has 1 amide bonds. The Bertz CT molecular complexity index is 843. The number of nitrogens with zero attached hydrogens (tertiary/aromatic N) is 2. The molecule has 26 heavy (non-hydrogen) atoms. The Kier molecular flexibility index (Phi) is 3.83. The summed E-state index contributed by atoms with van der Waals surface area (Å²) >= 11 is 0. The third-order valence-electron chi connectivity index (χ3n) is 5.97. The fourth-order valence-electron chi connectivity index (χ4n) is 5.30. The molecule has 2 aromatic rings. The number of benzene rings is 1. The standard InChI is InChI=1S/C22H27N3O/c1-21(2)10-17-11-22(3,13-21)14-25(17)20(26)16-6-4-15(5-7-16)18-12-24-9-8-19(18)23/h4-9,12,17H,10-11,13-14H2,1-3H3,(H2,23,24)/t17-,22-/m1/s1. The van der Waals surface area contributed by atoms with Crippen molar-refractivity contribution in [3.63, 3.8) is 0 Å². The van der Waals surface area contributed by atoms with Gasteiger partial charge in [0.15, 0.2) is 0 Å². The molecule has 1 saturated heterocycles. The van der Waals surface area contributed by atoms with E-state index in [1.807, 2.05) is 24.3 Å². The predicted octanol–water partition coefficient (Wildman–Crippen LogP) is 4.37. The lowest BCUT2D eigenvalue weighted by Gasteiger charge is -2.39. The van der Waals surface area contributed by atoms with E-state index in [4.69, 9.17) is 5.73 Å². The molecule has 1 aromatic heterocycles. The van der Waals surface area contributed by atoms with Gasteiger partial charge >= 0.3 is 0 Å². The molecule has 2 bridgehead atoms. The minimum atomic E-state index is 0.155. The number of carbonyl (C=O) groups excluding carboxylic acids is 1. The van der Waals surface area contributed by atoms with Crippen molar-refractivity contribution >= 4 is 11.6 Å². The van der Waals surface area contributed by atoms with Gasteiger partial charge < -0.3 is 10.6 Å². The van der Waals surface area contributed by atoms with Gasteiger partial charge in [0.25, 0.3) is 5.91 Å². The lowest BCUT2D eigenvalue weighted by molar-refractivity contribution is 0.0708. The number of nitrogens with two attached hydrogens (primary N) is 1. The maximum atomic E-state index is 13.1. The van der Waals surface area contributed by atoms with E-state index in [-0.39, 0.29) is 11.3 Å². The molecule has 4 rings (SSSR count). The molecular formula is C22H27N3O. The molecule has 2 fully saturated rings. The zero-order chi connectivity index (χ0) is 18.5. The second-order valence-electron chi connectivity index (χ2n) is 9.19. The summed E-state index contributed by atoms with van der Waals surface area (Å²) < 4.78 is 0. The van der Waals surface area contributed by atoms with Crippen molar-refractivity contribution in [2.75, 3.05) is 12.3 Å². The monoisotopic (exact) mass is 349 g/mol. The first-order valence-electron chi connectivity index (χ1n) is 9.37. The first kappa shape index (κ1) is 17.1. The van der Waals surface area contributed by atoms with Gasteiger partial charge in [0.1, 0.15) is 0 Å². The zero-order valence-electron chi connectivity index (χ0n) is 15.8. The van der Waals surface area contributed by atoms with Crippen LogP contribution in [0.3, 0.4) is 0 Å². The average Bonchev–Trinajstić information content (AvgIpc) is 2.84. The summed E-state index contributed by atoms with van der Waals surface area (Å²) in [6.07, 6.45) is 6.87. The van der Waals surface area contributed by atoms with E-state index in [0.29, 0.717) is 17.1 Å². The van der Waals surface area contributed by atoms with Crippen molar-refractivity contribution in [2.45, 2.75) is 46.1 Å². The highest BCUT2D eigenvalue weighted by molar-refractivity contribution is 5.95. The van der Waals surface area contributed by atoms with Gasteiger partial charge in [-0.05, 0) is 53.9 Å². The molecule has 136 valence electrons. The van der Waals surface area contributed by atoms with Gasteiger partial charge in [0.05, 0.1) is 0 Å². The Balaban J connectivity index is 1.57. The average molecular weight is 349 g/mol. The molecule has 2 N–H and O–H groups in total. The highest BCUT2D eigenvalue weighted by Gasteiger charge is 2.50. The van der Waals surface area contributed by atoms with Crippen LogP contribution in [0.15, 0.2) is 42.7 Å². The Morgan fingerprint density at radius 1 is 1.15 bits per heavy atom. The van der Waals surface area contributed by atoms with Crippen LogP contribution in [0, 0.1) is 10.8 Å². The third-order valence-corrected chi connectivity index (χ3v) is 5.97. The largest absolute Gasteiger partial charge is 0.398 e. The van der Waals surface area contributed by atoms with Gasteiger partial charge in [-0.3, -0.25) is 9.78 Å². The van der Waals surface area contributed by atoms with E-state index < -0.39 is 0 Å². The summed E-state index contributed by atoms with van der Waals surface area (Å²) in [6.45, 7) is 7.87. The van der Waals surface area contributed by atoms with Crippen molar-refractivity contribution in [3.8, 4) is 11.1 Å². The summed E-state index contributed by atoms with van der Waals surface area (Å²) in [5.74, 6) is 0.155. The fourth-order valence-corrected chi connectivity index (χ4v) is 5.30. The van der Waals surface area contributed by atoms with Crippen LogP contribution in [0.1, 0.15) is 50.4 Å². The van der Waals surface area contributed by atoms with Gasteiger partial charge in [-0.1, -0.05) is 32.9 Å². The van der Waals surface area contributed by atoms with E-state index in [0.717, 1.165) is 36.1 Å². The van der Waals surface area contributed by atoms with E-state index in [9.17, 15) is 4.79 Å². The fraction of sp³-hybridized carbons (Fsp3) is 0.455. The molecular weight excluding hydrogens is 322 g/mol. The Morgan fingerprint density at radius 3 is 2.58 bits per heavy atom. The summed E-state index contributed by atoms with van der Waals surface area (Å²) in [4.78, 5) is 19.4. The molecule has 2 aliphatic rings. The van der Waals surface area contributed by atoms with Gasteiger partial charge in [0, 0.05) is 41.8 Å². The van der Waals surface area contributed by atoms with Gasteiger partial charge in [0.2, 0.25) is 0 Å². The topological polar surface area (TPSA) is 59.2 Å². The highest BCUT2D eigenvalue weighted by Crippen LogP contribution is 2.52. The number of nitrogen functional groups attached to an aromatic ring is 1. The number of anilines is 1. The summed E-state index contributed by atoms with van der Waals surface area (Å²) in [7, 11) is 0. The lowest BCUT2D eigenvalue weighted by atomic mass is 9.65. The highest BCUT2D eigenvalue weighted by atomic mass is 16.2. The van der Waals surface area contributed by atoms with Crippen LogP contribution in [-0.2, 0) is 0 Å². The maximum absolute atomic E-state index is 13.1. The Labute approximate surface area is 155 Å². The first-order valence-corrected chi connectivity index (χ1v) is 9.37. The molecule has 4 heteroatoms. The van der Waals surface area contributed by atoms with Crippen LogP contribution in [0.2, 0.25) is 0 Å². The number of rotatable bonds is 2. The molecule has 1 aliphatic heterocycles. The second-order valence-corrected chi connectivity index (χ2v) is 9.19. The second kappa shape index (κ2) is 5.83. The lowest BCUT2D eigenvalue weighted by Crippen LogP contribution is -2.37. The van der Waals surface area contributed by atoms with Crippen molar-refractivity contribution in [1.29, 1.82) is 0 Å². The van der Waals surface area contributed by atoms with E-state index in [1.165, 1.54) is 6.42 Å². The number of pyridine rings is 1. The third kappa shape index (κ3) is 2.98. The van der Waals surface area contributed by atoms with Crippen LogP contribution in [0.4, 0.5) is 5.69 Å². The number of hydrogen-bond donors (Lipinski definition) is 1. The van der Waals surface area contributed by atoms with E-state index >= 15 is 0 Å². The Hall–Kier alpha value is -2.36. The number of hydrogen-bond acceptors (Lipinski definition) is 3. The predicted molar refractivity (Wildman–Crippen MR) is 105 cm³/mol. The van der Waals surface area contributed by atoms with Crippen molar-refractivity contribution in [1.82, 2.24) is 9.88 Å². The van der Waals surface area contributed by atoms with E-state index in [2.05, 4.69) is 30.7 Å². The summed E-state index contributed by atoms with van der Waals surface area (Å²) in [6, 6.07) is 9.93. The van der Waals surface area contributed by atoms with Crippen molar-refractivity contribution < 1.29 is 4.79 Å². The molecule has 2 heterocycles. The summed E-state index contributed by atoms with van der Waals surface area (Å²) in [5.41, 5.74) is 9.94. The van der Waals surface area contributed by atoms with Gasteiger partial charge in [-0.15, -0.1) is 0 Å². The van der Waals surface area contributed by atoms with Crippen LogP contribution < -0.4 is 5.73 Å². The zero-order valence-corrected chi connectivity index (χ0v) is 15.8. The quantitative estimate of drug-likeness (QED) is 0.876. The number of aromatic nitrogens is 1. The van der Waals surface area contributed by atoms with E-state index in [1.54, 1.807) is 18.5 Å². The van der Waals surface area contributed by atoms with Crippen LogP contribution in [-0.4, -0.2) is 28.4 Å². The molecule has 0 spiro atoms. The SMILES string of the molecule is CC1(C)C[C@@H]2C[C@@](C)(CN2C(=O)c2ccc(-c3cnccc3N)cc2)C1. The first-order chi connectivity index (χ1) is 12.3. The minimum Gasteiger partial charge on any atom is -0.398 e. The molecule has 2 atom stereocenters. The maximum Gasteiger partial charge on any atom is 0.254 e. The Morgan fingerprint density at radius 2 is 1.88 bits per heavy atom. The van der Waals surface area contributed by atoms with Crippen LogP contribution in [0.25, 0.3) is 11.1 Å². The number of fused-ring (bicyclic) bond motifs is 2. The molecule has 1 saturated carbocycles. The number of amides is 1. The molecule has 1 aromatic carbocycles. The smallest absolute Gasteiger partial charge is 0.254 e. The van der Waals surface area contributed by atoms with Crippen LogP contribution in [0.5, 0.6) is 0 Å². The molecule has 1 aliphatic carbocycles. The minimum absolute atomic E-state index is 0.155. The number of likely N-dealkylation sites (tertiary alicyclic amines) is 1. The van der Waals surface area contributed by atoms with Gasteiger partial charge in [-0.25, -0.2) is 0 Å². The normalized spacial score (nSPS) is 26.7.